The van der Waals surface area contributed by atoms with Crippen LogP contribution in [0.4, 0.5) is 0 Å². The maximum atomic E-state index is 11.1. The molecule has 0 saturated carbocycles. The molecular formula is C33H36O9. The quantitative estimate of drug-likeness (QED) is 0.113. The fourth-order valence-corrected chi connectivity index (χ4v) is 5.91. The number of phenols is 9. The van der Waals surface area contributed by atoms with Gasteiger partial charge < -0.3 is 46.0 Å². The number of aromatic hydroxyl groups is 9. The first kappa shape index (κ1) is 30.0. The monoisotopic (exact) mass is 576 g/mol. The third kappa shape index (κ3) is 4.91. The standard InChI is InChI=1S/C33H36O9/c1-13(2)25-31(28-19(37)7-16(34)8-20(28)38)26(14(3)4)33(30-23(41)11-18(36)12-24(30)42)27(15(5)6)32(25)29-21(39)9-17(35)10-22(29)40/h7-15,34-42H,1-6H3. The molecule has 9 heteroatoms. The molecule has 4 aromatic rings. The molecule has 222 valence electrons. The second-order valence-corrected chi connectivity index (χ2v) is 11.4. The zero-order chi connectivity index (χ0) is 31.4. The maximum absolute atomic E-state index is 11.1. The largest absolute Gasteiger partial charge is 0.508 e. The van der Waals surface area contributed by atoms with Crippen LogP contribution in [0.15, 0.2) is 36.4 Å². The molecule has 0 heterocycles. The Hall–Kier alpha value is -4.92. The van der Waals surface area contributed by atoms with E-state index in [-0.39, 0.29) is 51.7 Å². The van der Waals surface area contributed by atoms with Crippen molar-refractivity contribution >= 4 is 0 Å². The van der Waals surface area contributed by atoms with Gasteiger partial charge in [0, 0.05) is 36.4 Å². The minimum absolute atomic E-state index is 0.0477. The van der Waals surface area contributed by atoms with Gasteiger partial charge in [-0.25, -0.2) is 0 Å². The first-order valence-electron chi connectivity index (χ1n) is 13.6. The molecule has 0 spiro atoms. The van der Waals surface area contributed by atoms with Crippen LogP contribution in [0.3, 0.4) is 0 Å². The molecule has 9 N–H and O–H groups in total. The molecule has 0 aliphatic rings. The van der Waals surface area contributed by atoms with Crippen molar-refractivity contribution in [1.29, 1.82) is 0 Å². The van der Waals surface area contributed by atoms with E-state index < -0.39 is 34.5 Å². The molecule has 0 amide bonds. The van der Waals surface area contributed by atoms with E-state index in [9.17, 15) is 46.0 Å². The van der Waals surface area contributed by atoms with Gasteiger partial charge >= 0.3 is 0 Å². The molecule has 4 aromatic carbocycles. The van der Waals surface area contributed by atoms with E-state index in [1.165, 1.54) is 0 Å². The number of hydrogen-bond acceptors (Lipinski definition) is 9. The lowest BCUT2D eigenvalue weighted by Gasteiger charge is -2.33. The molecule has 0 aliphatic carbocycles. The summed E-state index contributed by atoms with van der Waals surface area (Å²) in [5.41, 5.74) is 2.23. The molecule has 0 aliphatic heterocycles. The topological polar surface area (TPSA) is 182 Å². The average molecular weight is 577 g/mol. The first-order chi connectivity index (χ1) is 19.6. The van der Waals surface area contributed by atoms with Crippen molar-refractivity contribution in [2.24, 2.45) is 0 Å². The molecule has 42 heavy (non-hydrogen) atoms. The molecule has 0 aromatic heterocycles. The van der Waals surface area contributed by atoms with E-state index in [2.05, 4.69) is 0 Å². The van der Waals surface area contributed by atoms with E-state index in [1.807, 2.05) is 41.5 Å². The Labute approximate surface area is 243 Å². The van der Waals surface area contributed by atoms with Gasteiger partial charge in [-0.1, -0.05) is 41.5 Å². The van der Waals surface area contributed by atoms with E-state index in [1.54, 1.807) is 0 Å². The van der Waals surface area contributed by atoms with E-state index >= 15 is 0 Å². The molecule has 9 nitrogen and oxygen atoms in total. The summed E-state index contributed by atoms with van der Waals surface area (Å²) in [6.45, 7) is 11.1. The van der Waals surface area contributed by atoms with Gasteiger partial charge in [-0.15, -0.1) is 0 Å². The number of rotatable bonds is 6. The fourth-order valence-electron chi connectivity index (χ4n) is 5.91. The fraction of sp³-hybridized carbons (Fsp3) is 0.273. The lowest BCUT2D eigenvalue weighted by atomic mass is 9.71. The number of hydrogen-bond donors (Lipinski definition) is 9. The summed E-state index contributed by atoms with van der Waals surface area (Å²) < 4.78 is 0. The van der Waals surface area contributed by atoms with Crippen LogP contribution in [0.5, 0.6) is 51.7 Å². The highest BCUT2D eigenvalue weighted by Crippen LogP contribution is 2.59. The van der Waals surface area contributed by atoms with Gasteiger partial charge in [0.15, 0.2) is 0 Å². The van der Waals surface area contributed by atoms with Gasteiger partial charge in [-0.05, 0) is 51.1 Å². The van der Waals surface area contributed by atoms with Crippen LogP contribution in [0.2, 0.25) is 0 Å². The number of phenolic OH excluding ortho intramolecular Hbond substituents is 9. The molecule has 4 rings (SSSR count). The van der Waals surface area contributed by atoms with E-state index in [0.717, 1.165) is 36.4 Å². The highest BCUT2D eigenvalue weighted by Gasteiger charge is 2.35. The normalized spacial score (nSPS) is 11.6. The highest BCUT2D eigenvalue weighted by molar-refractivity contribution is 6.00. The van der Waals surface area contributed by atoms with Gasteiger partial charge in [-0.3, -0.25) is 0 Å². The Kier molecular flexibility index (Phi) is 7.74. The van der Waals surface area contributed by atoms with Crippen LogP contribution in [0, 0.1) is 0 Å². The summed E-state index contributed by atoms with van der Waals surface area (Å²) in [6.07, 6.45) is 0. The Morgan fingerprint density at radius 3 is 0.619 bits per heavy atom. The van der Waals surface area contributed by atoms with Crippen LogP contribution in [0.1, 0.15) is 76.0 Å². The summed E-state index contributed by atoms with van der Waals surface area (Å²) in [5.74, 6) is -5.00. The Morgan fingerprint density at radius 1 is 0.310 bits per heavy atom. The van der Waals surface area contributed by atoms with Gasteiger partial charge in [0.05, 0.1) is 16.7 Å². The highest BCUT2D eigenvalue weighted by atomic mass is 16.3. The molecule has 0 saturated heterocycles. The molecule has 0 atom stereocenters. The third-order valence-corrected chi connectivity index (χ3v) is 7.34. The number of benzene rings is 4. The Balaban J connectivity index is 2.50. The summed E-state index contributed by atoms with van der Waals surface area (Å²) in [6, 6.07) is 6.44. The van der Waals surface area contributed by atoms with E-state index in [4.69, 9.17) is 0 Å². The zero-order valence-corrected chi connectivity index (χ0v) is 24.2. The van der Waals surface area contributed by atoms with Gasteiger partial charge in [0.2, 0.25) is 0 Å². The van der Waals surface area contributed by atoms with Crippen molar-refractivity contribution in [3.8, 4) is 85.1 Å². The van der Waals surface area contributed by atoms with Gasteiger partial charge in [0.25, 0.3) is 0 Å². The molecular weight excluding hydrogens is 540 g/mol. The summed E-state index contributed by atoms with van der Waals surface area (Å²) in [5, 5.41) is 97.2. The SMILES string of the molecule is CC(C)c1c(-c2c(O)cc(O)cc2O)c(C(C)C)c(-c2c(O)cc(O)cc2O)c(C(C)C)c1-c1c(O)cc(O)cc1O. The lowest BCUT2D eigenvalue weighted by molar-refractivity contribution is 0.429. The van der Waals surface area contributed by atoms with Crippen molar-refractivity contribution in [2.45, 2.75) is 59.3 Å². The second kappa shape index (κ2) is 10.8. The Bertz CT molecular complexity index is 1410. The van der Waals surface area contributed by atoms with Crippen molar-refractivity contribution < 1.29 is 46.0 Å². The summed E-state index contributed by atoms with van der Waals surface area (Å²) >= 11 is 0. The van der Waals surface area contributed by atoms with Crippen molar-refractivity contribution in [3.05, 3.63) is 53.1 Å². The van der Waals surface area contributed by atoms with E-state index in [0.29, 0.717) is 33.4 Å². The maximum Gasteiger partial charge on any atom is 0.130 e. The predicted octanol–water partition coefficient (Wildman–Crippen LogP) is 7.41. The van der Waals surface area contributed by atoms with Crippen LogP contribution >= 0.6 is 0 Å². The molecule has 0 unspecified atom stereocenters. The van der Waals surface area contributed by atoms with Crippen LogP contribution < -0.4 is 0 Å². The van der Waals surface area contributed by atoms with Crippen molar-refractivity contribution in [3.63, 3.8) is 0 Å². The van der Waals surface area contributed by atoms with Crippen molar-refractivity contribution in [2.75, 3.05) is 0 Å². The van der Waals surface area contributed by atoms with Crippen molar-refractivity contribution in [1.82, 2.24) is 0 Å². The van der Waals surface area contributed by atoms with Crippen LogP contribution in [0.25, 0.3) is 33.4 Å². The minimum atomic E-state index is -0.455. The minimum Gasteiger partial charge on any atom is -0.508 e. The smallest absolute Gasteiger partial charge is 0.130 e. The van der Waals surface area contributed by atoms with Gasteiger partial charge in [0.1, 0.15) is 51.7 Å². The molecule has 0 radical (unpaired) electrons. The third-order valence-electron chi connectivity index (χ3n) is 7.34. The average Bonchev–Trinajstić information content (AvgIpc) is 2.81. The lowest BCUT2D eigenvalue weighted by Crippen LogP contribution is -2.11. The molecule has 0 fully saturated rings. The summed E-state index contributed by atoms with van der Waals surface area (Å²) in [7, 11) is 0. The van der Waals surface area contributed by atoms with Crippen LogP contribution in [-0.2, 0) is 0 Å². The van der Waals surface area contributed by atoms with Gasteiger partial charge in [-0.2, -0.15) is 0 Å². The summed E-state index contributed by atoms with van der Waals surface area (Å²) in [4.78, 5) is 0. The second-order valence-electron chi connectivity index (χ2n) is 11.4. The Morgan fingerprint density at radius 2 is 0.476 bits per heavy atom. The predicted molar refractivity (Wildman–Crippen MR) is 160 cm³/mol. The zero-order valence-electron chi connectivity index (χ0n) is 24.2. The first-order valence-corrected chi connectivity index (χ1v) is 13.6. The molecule has 0 bridgehead atoms. The van der Waals surface area contributed by atoms with Crippen LogP contribution in [-0.4, -0.2) is 46.0 Å².